The second kappa shape index (κ2) is 6.47. The molecule has 1 fully saturated rings. The molecule has 2 amide bonds. The number of nitrogens with one attached hydrogen (secondary N) is 1. The van der Waals surface area contributed by atoms with E-state index >= 15 is 0 Å². The van der Waals surface area contributed by atoms with Gasteiger partial charge in [0.25, 0.3) is 5.91 Å². The van der Waals surface area contributed by atoms with Crippen LogP contribution in [0.5, 0.6) is 0 Å². The van der Waals surface area contributed by atoms with Gasteiger partial charge in [0.15, 0.2) is 0 Å². The number of hydrogen-bond donors (Lipinski definition) is 3. The number of amides is 2. The molecule has 1 saturated heterocycles. The van der Waals surface area contributed by atoms with Crippen LogP contribution in [0.3, 0.4) is 0 Å². The largest absolute Gasteiger partial charge is 0.378 e. The molecule has 1 aliphatic heterocycles. The summed E-state index contributed by atoms with van der Waals surface area (Å²) in [5, 5.41) is 0. The lowest BCUT2D eigenvalue weighted by Crippen LogP contribution is -2.56. The Hall–Kier alpha value is -1.96. The summed E-state index contributed by atoms with van der Waals surface area (Å²) in [6.07, 6.45) is 0. The van der Waals surface area contributed by atoms with Crippen LogP contribution in [0.4, 0.5) is 0 Å². The first-order valence-corrected chi connectivity index (χ1v) is 6.33. The minimum absolute atomic E-state index is 0.177. The summed E-state index contributed by atoms with van der Waals surface area (Å²) in [6, 6.07) is 7.82. The van der Waals surface area contributed by atoms with Crippen molar-refractivity contribution in [3.8, 4) is 0 Å². The molecule has 108 valence electrons. The Morgan fingerprint density at radius 2 is 2.05 bits per heavy atom. The lowest BCUT2D eigenvalue weighted by atomic mass is 10.0. The number of carbonyl (C=O) groups is 2. The average molecular weight is 278 g/mol. The van der Waals surface area contributed by atoms with E-state index in [0.29, 0.717) is 13.2 Å². The van der Waals surface area contributed by atoms with Crippen LogP contribution in [-0.4, -0.2) is 42.5 Å². The van der Waals surface area contributed by atoms with E-state index in [1.54, 1.807) is 4.90 Å². The lowest BCUT2D eigenvalue weighted by Gasteiger charge is -2.38. The van der Waals surface area contributed by atoms with Gasteiger partial charge in [0.1, 0.15) is 12.1 Å². The third-order valence-corrected chi connectivity index (χ3v) is 3.34. The van der Waals surface area contributed by atoms with Gasteiger partial charge in [-0.2, -0.15) is 0 Å². The van der Waals surface area contributed by atoms with Crippen LogP contribution in [0.25, 0.3) is 0 Å². The molecule has 0 aliphatic carbocycles. The zero-order valence-corrected chi connectivity index (χ0v) is 11.0. The SMILES string of the molecule is NNC(=O)C(c1ccccc1)N1CCOCC1C(N)=O. The van der Waals surface area contributed by atoms with E-state index in [0.717, 1.165) is 5.56 Å². The van der Waals surface area contributed by atoms with E-state index in [-0.39, 0.29) is 12.5 Å². The summed E-state index contributed by atoms with van der Waals surface area (Å²) in [5.41, 5.74) is 8.29. The zero-order valence-electron chi connectivity index (χ0n) is 11.0. The van der Waals surface area contributed by atoms with Gasteiger partial charge in [0.05, 0.1) is 13.2 Å². The van der Waals surface area contributed by atoms with E-state index in [1.807, 2.05) is 30.3 Å². The molecule has 0 aromatic heterocycles. The Morgan fingerprint density at radius 3 is 2.65 bits per heavy atom. The quantitative estimate of drug-likeness (QED) is 0.368. The van der Waals surface area contributed by atoms with Gasteiger partial charge < -0.3 is 10.5 Å². The van der Waals surface area contributed by atoms with Crippen LogP contribution in [0, 0.1) is 0 Å². The molecule has 5 N–H and O–H groups in total. The Morgan fingerprint density at radius 1 is 1.35 bits per heavy atom. The standard InChI is InChI=1S/C13H18N4O3/c14-12(18)10-8-20-7-6-17(10)11(13(19)16-15)9-4-2-1-3-5-9/h1-5,10-11H,6-8,15H2,(H2,14,18)(H,16,19). The molecule has 1 aromatic rings. The molecule has 20 heavy (non-hydrogen) atoms. The van der Waals surface area contributed by atoms with Gasteiger partial charge in [0, 0.05) is 6.54 Å². The Kier molecular flexibility index (Phi) is 4.67. The average Bonchev–Trinajstić information content (AvgIpc) is 2.48. The number of ether oxygens (including phenoxy) is 1. The smallest absolute Gasteiger partial charge is 0.255 e. The van der Waals surface area contributed by atoms with Gasteiger partial charge in [0.2, 0.25) is 5.91 Å². The van der Waals surface area contributed by atoms with Crippen molar-refractivity contribution in [2.45, 2.75) is 12.1 Å². The first-order chi connectivity index (χ1) is 9.65. The van der Waals surface area contributed by atoms with Crippen LogP contribution < -0.4 is 17.0 Å². The predicted octanol–water partition coefficient (Wildman–Crippen LogP) is -1.10. The van der Waals surface area contributed by atoms with Crippen LogP contribution in [0.2, 0.25) is 0 Å². The highest BCUT2D eigenvalue weighted by Gasteiger charge is 2.37. The number of morpholine rings is 1. The molecule has 2 unspecified atom stereocenters. The third-order valence-electron chi connectivity index (χ3n) is 3.34. The minimum atomic E-state index is -0.664. The molecular weight excluding hydrogens is 260 g/mol. The molecule has 7 nitrogen and oxygen atoms in total. The summed E-state index contributed by atoms with van der Waals surface area (Å²) >= 11 is 0. The second-order valence-corrected chi connectivity index (χ2v) is 4.55. The second-order valence-electron chi connectivity index (χ2n) is 4.55. The van der Waals surface area contributed by atoms with Crippen molar-refractivity contribution in [1.29, 1.82) is 0 Å². The van der Waals surface area contributed by atoms with Gasteiger partial charge in [-0.15, -0.1) is 0 Å². The first-order valence-electron chi connectivity index (χ1n) is 6.33. The van der Waals surface area contributed by atoms with Gasteiger partial charge >= 0.3 is 0 Å². The fourth-order valence-electron chi connectivity index (χ4n) is 2.38. The van der Waals surface area contributed by atoms with Crippen molar-refractivity contribution in [3.63, 3.8) is 0 Å². The molecule has 2 atom stereocenters. The predicted molar refractivity (Wildman–Crippen MR) is 72.0 cm³/mol. The van der Waals surface area contributed by atoms with Crippen molar-refractivity contribution in [2.24, 2.45) is 11.6 Å². The Bertz CT molecular complexity index is 480. The van der Waals surface area contributed by atoms with Gasteiger partial charge in [-0.1, -0.05) is 30.3 Å². The van der Waals surface area contributed by atoms with Gasteiger partial charge in [-0.3, -0.25) is 19.9 Å². The highest BCUT2D eigenvalue weighted by atomic mass is 16.5. The van der Waals surface area contributed by atoms with E-state index < -0.39 is 18.0 Å². The molecule has 0 bridgehead atoms. The third kappa shape index (κ3) is 2.96. The van der Waals surface area contributed by atoms with E-state index in [1.165, 1.54) is 0 Å². The number of primary amides is 1. The van der Waals surface area contributed by atoms with Gasteiger partial charge in [-0.25, -0.2) is 5.84 Å². The summed E-state index contributed by atoms with van der Waals surface area (Å²) in [6.45, 7) is 1.04. The van der Waals surface area contributed by atoms with Gasteiger partial charge in [-0.05, 0) is 5.56 Å². The van der Waals surface area contributed by atoms with Crippen LogP contribution in [-0.2, 0) is 14.3 Å². The number of hydrazine groups is 1. The number of hydrogen-bond acceptors (Lipinski definition) is 5. The molecule has 1 aliphatic rings. The molecule has 7 heteroatoms. The normalized spacial score (nSPS) is 21.1. The molecule has 2 rings (SSSR count). The van der Waals surface area contributed by atoms with E-state index in [9.17, 15) is 9.59 Å². The number of nitrogens with two attached hydrogens (primary N) is 2. The Balaban J connectivity index is 2.35. The molecular formula is C13H18N4O3. The lowest BCUT2D eigenvalue weighted by molar-refractivity contribution is -0.138. The van der Waals surface area contributed by atoms with Crippen LogP contribution in [0.15, 0.2) is 30.3 Å². The highest BCUT2D eigenvalue weighted by molar-refractivity contribution is 5.85. The van der Waals surface area contributed by atoms with E-state index in [2.05, 4.69) is 5.43 Å². The molecule has 1 heterocycles. The van der Waals surface area contributed by atoms with Crippen LogP contribution >= 0.6 is 0 Å². The number of carbonyl (C=O) groups excluding carboxylic acids is 2. The minimum Gasteiger partial charge on any atom is -0.378 e. The number of benzene rings is 1. The zero-order chi connectivity index (χ0) is 14.5. The molecule has 0 radical (unpaired) electrons. The van der Waals surface area contributed by atoms with Crippen molar-refractivity contribution >= 4 is 11.8 Å². The fraction of sp³-hybridized carbons (Fsp3) is 0.385. The summed E-state index contributed by atoms with van der Waals surface area (Å²) in [5.74, 6) is 4.36. The highest BCUT2D eigenvalue weighted by Crippen LogP contribution is 2.25. The van der Waals surface area contributed by atoms with Crippen LogP contribution in [0.1, 0.15) is 11.6 Å². The molecule has 1 aromatic carbocycles. The summed E-state index contributed by atoms with van der Waals surface area (Å²) < 4.78 is 5.27. The van der Waals surface area contributed by atoms with Crippen molar-refractivity contribution < 1.29 is 14.3 Å². The monoisotopic (exact) mass is 278 g/mol. The molecule has 0 spiro atoms. The number of rotatable bonds is 4. The maximum atomic E-state index is 12.1. The summed E-state index contributed by atoms with van der Waals surface area (Å²) in [7, 11) is 0. The van der Waals surface area contributed by atoms with E-state index in [4.69, 9.17) is 16.3 Å². The maximum absolute atomic E-state index is 12.1. The number of nitrogens with zero attached hydrogens (tertiary/aromatic N) is 1. The topological polar surface area (TPSA) is 111 Å². The van der Waals surface area contributed by atoms with Crippen molar-refractivity contribution in [1.82, 2.24) is 10.3 Å². The fourth-order valence-corrected chi connectivity index (χ4v) is 2.38. The molecule has 0 saturated carbocycles. The Labute approximate surface area is 116 Å². The van der Waals surface area contributed by atoms with Crippen molar-refractivity contribution in [2.75, 3.05) is 19.8 Å². The first kappa shape index (κ1) is 14.4. The van der Waals surface area contributed by atoms with Crippen molar-refractivity contribution in [3.05, 3.63) is 35.9 Å². The summed E-state index contributed by atoms with van der Waals surface area (Å²) in [4.78, 5) is 25.4. The maximum Gasteiger partial charge on any atom is 0.255 e.